The maximum atomic E-state index is 12.2. The molecule has 0 radical (unpaired) electrons. The lowest BCUT2D eigenvalue weighted by Crippen LogP contribution is -2.18. The van der Waals surface area contributed by atoms with Crippen LogP contribution in [0.15, 0.2) is 76.8 Å². The summed E-state index contributed by atoms with van der Waals surface area (Å²) in [6, 6.07) is 7.58. The van der Waals surface area contributed by atoms with Gasteiger partial charge in [-0.1, -0.05) is 57.4 Å². The van der Waals surface area contributed by atoms with Gasteiger partial charge in [-0.15, -0.1) is 6.58 Å². The minimum atomic E-state index is -1.26. The Morgan fingerprint density at radius 1 is 0.909 bits per heavy atom. The number of carboxylic acids is 2. The molecule has 0 fully saturated rings. The molecule has 7 heteroatoms. The Balaban J connectivity index is 0.00000109. The fraction of sp³-hybridized carbons (Fsp3) is 0.346. The molecule has 0 amide bonds. The summed E-state index contributed by atoms with van der Waals surface area (Å²) in [6.07, 6.45) is 11.1. The van der Waals surface area contributed by atoms with Gasteiger partial charge in [-0.05, 0) is 52.3 Å². The minimum Gasteiger partial charge on any atom is -0.478 e. The average molecular weight is 520 g/mol. The van der Waals surface area contributed by atoms with Crippen molar-refractivity contribution in [3.05, 3.63) is 82.4 Å². The highest BCUT2D eigenvalue weighted by Gasteiger charge is 2.05. The van der Waals surface area contributed by atoms with Crippen LogP contribution in [0.1, 0.15) is 49.9 Å². The first-order valence-electron chi connectivity index (χ1n) is 10.6. The molecule has 1 aromatic carbocycles. The van der Waals surface area contributed by atoms with Crippen LogP contribution in [0.25, 0.3) is 0 Å². The van der Waals surface area contributed by atoms with E-state index >= 15 is 0 Å². The lowest BCUT2D eigenvalue weighted by molar-refractivity contribution is -0.134. The maximum Gasteiger partial charge on any atom is 0.328 e. The summed E-state index contributed by atoms with van der Waals surface area (Å²) in [6.45, 7) is 9.93. The number of ketones is 1. The SMILES string of the molecule is C=CCN(C)C/C=C(\C)CC/C=C(\C)CCC(=O)c1ccc(Br)cc1.O=C(O)/C=C/C(=O)O. The van der Waals surface area contributed by atoms with Gasteiger partial charge in [0.25, 0.3) is 0 Å². The van der Waals surface area contributed by atoms with E-state index in [1.165, 1.54) is 11.1 Å². The monoisotopic (exact) mass is 519 g/mol. The zero-order valence-electron chi connectivity index (χ0n) is 19.6. The summed E-state index contributed by atoms with van der Waals surface area (Å²) < 4.78 is 0.999. The second-order valence-electron chi connectivity index (χ2n) is 7.59. The Kier molecular flexibility index (Phi) is 16.3. The number of carbonyl (C=O) groups excluding carboxylic acids is 1. The zero-order chi connectivity index (χ0) is 25.2. The van der Waals surface area contributed by atoms with Gasteiger partial charge in [-0.2, -0.15) is 0 Å². The number of likely N-dealkylation sites (N-methyl/N-ethyl adjacent to an activating group) is 1. The van der Waals surface area contributed by atoms with Crippen molar-refractivity contribution in [2.24, 2.45) is 0 Å². The lowest BCUT2D eigenvalue weighted by Gasteiger charge is -2.11. The highest BCUT2D eigenvalue weighted by Crippen LogP contribution is 2.15. The van der Waals surface area contributed by atoms with Gasteiger partial charge in [0.15, 0.2) is 5.78 Å². The van der Waals surface area contributed by atoms with Crippen molar-refractivity contribution in [1.82, 2.24) is 4.90 Å². The van der Waals surface area contributed by atoms with Crippen LogP contribution in [0.5, 0.6) is 0 Å². The summed E-state index contributed by atoms with van der Waals surface area (Å²) in [5.41, 5.74) is 3.49. The van der Waals surface area contributed by atoms with Gasteiger partial charge in [-0.3, -0.25) is 9.69 Å². The van der Waals surface area contributed by atoms with Crippen LogP contribution in [-0.4, -0.2) is 53.0 Å². The number of aliphatic carboxylic acids is 2. The third-order valence-electron chi connectivity index (χ3n) is 4.50. The lowest BCUT2D eigenvalue weighted by atomic mass is 10.0. The van der Waals surface area contributed by atoms with Crippen LogP contribution in [0.3, 0.4) is 0 Å². The van der Waals surface area contributed by atoms with Crippen molar-refractivity contribution < 1.29 is 24.6 Å². The average Bonchev–Trinajstić information content (AvgIpc) is 2.76. The molecule has 0 aliphatic rings. The Morgan fingerprint density at radius 2 is 1.45 bits per heavy atom. The number of Topliss-reactive ketones (excluding diaryl/α,β-unsaturated/α-hetero) is 1. The molecule has 180 valence electrons. The molecule has 1 rings (SSSR count). The molecule has 33 heavy (non-hydrogen) atoms. The van der Waals surface area contributed by atoms with Crippen molar-refractivity contribution >= 4 is 33.7 Å². The second-order valence-corrected chi connectivity index (χ2v) is 8.51. The zero-order valence-corrected chi connectivity index (χ0v) is 21.2. The fourth-order valence-corrected chi connectivity index (χ4v) is 2.85. The summed E-state index contributed by atoms with van der Waals surface area (Å²) in [7, 11) is 2.10. The normalized spacial score (nSPS) is 11.8. The predicted molar refractivity (Wildman–Crippen MR) is 137 cm³/mol. The molecule has 0 bridgehead atoms. The topological polar surface area (TPSA) is 94.9 Å². The molecule has 0 heterocycles. The van der Waals surface area contributed by atoms with Gasteiger partial charge in [0, 0.05) is 41.7 Å². The molecule has 0 aromatic heterocycles. The molecular weight excluding hydrogens is 486 g/mol. The van der Waals surface area contributed by atoms with Crippen molar-refractivity contribution in [1.29, 1.82) is 0 Å². The van der Waals surface area contributed by atoms with Gasteiger partial charge in [0.05, 0.1) is 0 Å². The molecule has 0 aliphatic carbocycles. The Labute approximate surface area is 205 Å². The van der Waals surface area contributed by atoms with Gasteiger partial charge in [0.1, 0.15) is 0 Å². The number of hydrogen-bond donors (Lipinski definition) is 2. The van der Waals surface area contributed by atoms with E-state index in [0.717, 1.165) is 42.4 Å². The molecule has 0 spiro atoms. The highest BCUT2D eigenvalue weighted by atomic mass is 79.9. The summed E-state index contributed by atoms with van der Waals surface area (Å²) >= 11 is 3.39. The number of benzene rings is 1. The van der Waals surface area contributed by atoms with Crippen LogP contribution in [0, 0.1) is 0 Å². The van der Waals surface area contributed by atoms with Crippen molar-refractivity contribution in [2.75, 3.05) is 20.1 Å². The number of rotatable bonds is 13. The fourth-order valence-electron chi connectivity index (χ4n) is 2.59. The van der Waals surface area contributed by atoms with Crippen LogP contribution >= 0.6 is 15.9 Å². The molecule has 0 saturated heterocycles. The standard InChI is InChI=1S/C22H30BrNO.C4H4O4/c1-5-16-24(4)17-15-19(3)8-6-7-18(2)9-14-22(25)20-10-12-21(23)13-11-20;5-3(6)1-2-4(7)8/h5,7,10-13,15H,1,6,8-9,14,16-17H2,2-4H3;1-2H,(H,5,6)(H,7,8)/b18-7+,19-15+;2-1+. The number of hydrogen-bond acceptors (Lipinski definition) is 4. The van der Waals surface area contributed by atoms with E-state index in [1.807, 2.05) is 30.3 Å². The van der Waals surface area contributed by atoms with E-state index in [4.69, 9.17) is 10.2 Å². The first-order valence-corrected chi connectivity index (χ1v) is 11.4. The van der Waals surface area contributed by atoms with Crippen molar-refractivity contribution in [2.45, 2.75) is 39.5 Å². The number of nitrogens with zero attached hydrogens (tertiary/aromatic N) is 1. The van der Waals surface area contributed by atoms with Gasteiger partial charge in [0.2, 0.25) is 0 Å². The number of carbonyl (C=O) groups is 3. The molecule has 1 aromatic rings. The van der Waals surface area contributed by atoms with E-state index in [0.29, 0.717) is 18.6 Å². The van der Waals surface area contributed by atoms with Gasteiger partial charge < -0.3 is 10.2 Å². The smallest absolute Gasteiger partial charge is 0.328 e. The van der Waals surface area contributed by atoms with E-state index in [-0.39, 0.29) is 5.78 Å². The molecule has 0 atom stereocenters. The Hall–Kier alpha value is -2.77. The molecule has 6 nitrogen and oxygen atoms in total. The molecule has 0 unspecified atom stereocenters. The van der Waals surface area contributed by atoms with Crippen molar-refractivity contribution in [3.8, 4) is 0 Å². The Morgan fingerprint density at radius 3 is 1.97 bits per heavy atom. The second kappa shape index (κ2) is 17.7. The quantitative estimate of drug-likeness (QED) is 0.191. The summed E-state index contributed by atoms with van der Waals surface area (Å²) in [4.78, 5) is 33.5. The van der Waals surface area contributed by atoms with E-state index in [9.17, 15) is 14.4 Å². The van der Waals surface area contributed by atoms with Crippen LogP contribution < -0.4 is 0 Å². The number of allylic oxidation sites excluding steroid dienone is 3. The van der Waals surface area contributed by atoms with Crippen LogP contribution in [0.2, 0.25) is 0 Å². The predicted octanol–water partition coefficient (Wildman–Crippen LogP) is 5.91. The number of carboxylic acid groups (broad SMARTS) is 2. The molecule has 2 N–H and O–H groups in total. The Bertz CT molecular complexity index is 853. The van der Waals surface area contributed by atoms with E-state index < -0.39 is 11.9 Å². The molecular formula is C26H34BrNO5. The van der Waals surface area contributed by atoms with E-state index in [1.54, 1.807) is 0 Å². The van der Waals surface area contributed by atoms with Crippen LogP contribution in [-0.2, 0) is 9.59 Å². The third kappa shape index (κ3) is 17.5. The summed E-state index contributed by atoms with van der Waals surface area (Å²) in [5, 5.41) is 15.6. The first kappa shape index (κ1) is 30.2. The molecule has 0 aliphatic heterocycles. The third-order valence-corrected chi connectivity index (χ3v) is 5.03. The van der Waals surface area contributed by atoms with Gasteiger partial charge >= 0.3 is 11.9 Å². The minimum absolute atomic E-state index is 0.210. The van der Waals surface area contributed by atoms with Gasteiger partial charge in [-0.25, -0.2) is 9.59 Å². The first-order chi connectivity index (χ1) is 15.5. The van der Waals surface area contributed by atoms with Crippen LogP contribution in [0.4, 0.5) is 0 Å². The largest absolute Gasteiger partial charge is 0.478 e. The molecule has 0 saturated carbocycles. The highest BCUT2D eigenvalue weighted by molar-refractivity contribution is 9.10. The van der Waals surface area contributed by atoms with Crippen molar-refractivity contribution in [3.63, 3.8) is 0 Å². The van der Waals surface area contributed by atoms with E-state index in [2.05, 4.69) is 60.5 Å². The summed E-state index contributed by atoms with van der Waals surface area (Å²) in [5.74, 6) is -2.30. The number of halogens is 1. The maximum absolute atomic E-state index is 12.2.